The predicted octanol–water partition coefficient (Wildman–Crippen LogP) is 1.25. The van der Waals surface area contributed by atoms with Crippen LogP contribution in [0.5, 0.6) is 0 Å². The molecule has 0 N–H and O–H groups in total. The smallest absolute Gasteiger partial charge is 0.288 e. The Labute approximate surface area is 76.7 Å². The predicted molar refractivity (Wildman–Crippen MR) is 53.0 cm³/mol. The van der Waals surface area contributed by atoms with Crippen molar-refractivity contribution >= 4 is 33.5 Å². The second-order valence-corrected chi connectivity index (χ2v) is 4.01. The summed E-state index contributed by atoms with van der Waals surface area (Å²) in [5, 5.41) is -0.0382. The molecule has 0 spiro atoms. The van der Waals surface area contributed by atoms with Gasteiger partial charge in [0.1, 0.15) is 4.32 Å². The molecule has 0 aliphatic heterocycles. The minimum Gasteiger partial charge on any atom is -0.363 e. The molecule has 0 bridgehead atoms. The van der Waals surface area contributed by atoms with Crippen LogP contribution in [0.1, 0.15) is 0 Å². The van der Waals surface area contributed by atoms with Gasteiger partial charge in [0, 0.05) is 40.0 Å². The number of hydrogen-bond acceptors (Lipinski definition) is 3. The largest absolute Gasteiger partial charge is 0.363 e. The maximum Gasteiger partial charge on any atom is 0.288 e. The highest BCUT2D eigenvalue weighted by Gasteiger charge is 2.09. The highest BCUT2D eigenvalue weighted by Crippen LogP contribution is 2.09. The van der Waals surface area contributed by atoms with Gasteiger partial charge >= 0.3 is 0 Å². The number of hydrogen-bond donors (Lipinski definition) is 0. The maximum atomic E-state index is 11.0. The highest BCUT2D eigenvalue weighted by atomic mass is 32.2. The van der Waals surface area contributed by atoms with E-state index in [1.165, 1.54) is 4.90 Å². The second kappa shape index (κ2) is 4.56. The fraction of sp³-hybridized carbons (Fsp3) is 0.667. The summed E-state index contributed by atoms with van der Waals surface area (Å²) in [6, 6.07) is 0. The summed E-state index contributed by atoms with van der Waals surface area (Å²) in [6.07, 6.45) is 0. The van der Waals surface area contributed by atoms with E-state index in [2.05, 4.69) is 0 Å². The lowest BCUT2D eigenvalue weighted by atomic mass is 11.0. The van der Waals surface area contributed by atoms with Gasteiger partial charge in [-0.1, -0.05) is 12.2 Å². The molecule has 0 aliphatic carbocycles. The third-order valence-corrected chi connectivity index (χ3v) is 2.60. The maximum absolute atomic E-state index is 11.0. The quantitative estimate of drug-likeness (QED) is 0.539. The Hall–Kier alpha value is -0.290. The lowest BCUT2D eigenvalue weighted by molar-refractivity contribution is 0.241. The van der Waals surface area contributed by atoms with E-state index in [4.69, 9.17) is 12.2 Å². The molecule has 0 aromatic rings. The summed E-state index contributed by atoms with van der Waals surface area (Å²) in [7, 11) is 7.04. The van der Waals surface area contributed by atoms with E-state index < -0.39 is 0 Å². The van der Waals surface area contributed by atoms with E-state index in [0.717, 1.165) is 11.8 Å². The van der Waals surface area contributed by atoms with Crippen molar-refractivity contribution in [3.8, 4) is 0 Å². The molecule has 64 valence electrons. The molecule has 0 saturated heterocycles. The molecule has 0 heterocycles. The average Bonchev–Trinajstić information content (AvgIpc) is 1.87. The van der Waals surface area contributed by atoms with E-state index >= 15 is 0 Å². The molecular weight excluding hydrogens is 180 g/mol. The van der Waals surface area contributed by atoms with Gasteiger partial charge in [0.2, 0.25) is 0 Å². The van der Waals surface area contributed by atoms with Gasteiger partial charge in [-0.2, -0.15) is 0 Å². The monoisotopic (exact) mass is 192 g/mol. The van der Waals surface area contributed by atoms with Crippen LogP contribution >= 0.6 is 24.0 Å². The standard InChI is InChI=1S/C6H12N2OS2/c1-7(2)5(9)11-6(10)8(3)4/h1-4H3. The highest BCUT2D eigenvalue weighted by molar-refractivity contribution is 8.32. The van der Waals surface area contributed by atoms with Crippen LogP contribution in [0.2, 0.25) is 0 Å². The van der Waals surface area contributed by atoms with E-state index in [0.29, 0.717) is 4.32 Å². The molecule has 0 radical (unpaired) electrons. The number of carbonyl (C=O) groups is 1. The first-order chi connectivity index (χ1) is 4.95. The number of rotatable bonds is 0. The molecule has 0 unspecified atom stereocenters. The Morgan fingerprint density at radius 1 is 1.18 bits per heavy atom. The molecule has 0 fully saturated rings. The molecule has 1 amide bonds. The van der Waals surface area contributed by atoms with Crippen LogP contribution in [0.25, 0.3) is 0 Å². The van der Waals surface area contributed by atoms with Gasteiger partial charge in [0.05, 0.1) is 0 Å². The normalized spacial score (nSPS) is 9.09. The summed E-state index contributed by atoms with van der Waals surface area (Å²) < 4.78 is 0.587. The van der Waals surface area contributed by atoms with Crippen LogP contribution in [0.3, 0.4) is 0 Å². The van der Waals surface area contributed by atoms with Crippen LogP contribution < -0.4 is 0 Å². The first-order valence-corrected chi connectivity index (χ1v) is 4.28. The van der Waals surface area contributed by atoms with E-state index in [-0.39, 0.29) is 5.24 Å². The van der Waals surface area contributed by atoms with Crippen molar-refractivity contribution in [2.75, 3.05) is 28.2 Å². The van der Waals surface area contributed by atoms with Crippen molar-refractivity contribution in [1.82, 2.24) is 9.80 Å². The van der Waals surface area contributed by atoms with Crippen LogP contribution in [0, 0.1) is 0 Å². The zero-order valence-corrected chi connectivity index (χ0v) is 8.75. The van der Waals surface area contributed by atoms with Crippen molar-refractivity contribution in [2.24, 2.45) is 0 Å². The third kappa shape index (κ3) is 4.21. The van der Waals surface area contributed by atoms with Gasteiger partial charge in [0.25, 0.3) is 5.24 Å². The van der Waals surface area contributed by atoms with E-state index in [1.807, 2.05) is 14.1 Å². The first-order valence-electron chi connectivity index (χ1n) is 3.05. The fourth-order valence-corrected chi connectivity index (χ4v) is 0.986. The Morgan fingerprint density at radius 2 is 1.64 bits per heavy atom. The lowest BCUT2D eigenvalue weighted by Gasteiger charge is -2.14. The van der Waals surface area contributed by atoms with Crippen LogP contribution in [-0.4, -0.2) is 47.6 Å². The van der Waals surface area contributed by atoms with Crippen LogP contribution in [0.15, 0.2) is 0 Å². The van der Waals surface area contributed by atoms with Gasteiger partial charge < -0.3 is 9.80 Å². The second-order valence-electron chi connectivity index (χ2n) is 2.42. The minimum absolute atomic E-state index is 0.0382. The molecule has 11 heavy (non-hydrogen) atoms. The van der Waals surface area contributed by atoms with Crippen molar-refractivity contribution in [1.29, 1.82) is 0 Å². The Bertz CT molecular complexity index is 150. The number of thiocarbonyl (C=S) groups is 1. The lowest BCUT2D eigenvalue weighted by Crippen LogP contribution is -2.23. The van der Waals surface area contributed by atoms with Gasteiger partial charge in [0.15, 0.2) is 0 Å². The van der Waals surface area contributed by atoms with Gasteiger partial charge in [-0.05, 0) is 0 Å². The van der Waals surface area contributed by atoms with Crippen LogP contribution in [-0.2, 0) is 0 Å². The number of thioether (sulfide) groups is 1. The van der Waals surface area contributed by atoms with Crippen molar-refractivity contribution in [3.63, 3.8) is 0 Å². The van der Waals surface area contributed by atoms with Crippen molar-refractivity contribution < 1.29 is 4.79 Å². The Kier molecular flexibility index (Phi) is 4.44. The zero-order valence-electron chi connectivity index (χ0n) is 7.12. The first kappa shape index (κ1) is 10.7. The molecular formula is C6H12N2OS2. The molecule has 0 aromatic heterocycles. The van der Waals surface area contributed by atoms with Crippen molar-refractivity contribution in [2.45, 2.75) is 0 Å². The summed E-state index contributed by atoms with van der Waals surface area (Å²) in [6.45, 7) is 0. The molecule has 0 saturated carbocycles. The molecule has 0 atom stereocenters. The molecule has 3 nitrogen and oxygen atoms in total. The van der Waals surface area contributed by atoms with Gasteiger partial charge in [-0.3, -0.25) is 4.79 Å². The van der Waals surface area contributed by atoms with E-state index in [1.54, 1.807) is 19.0 Å². The number of nitrogens with zero attached hydrogens (tertiary/aromatic N) is 2. The van der Waals surface area contributed by atoms with E-state index in [9.17, 15) is 4.79 Å². The zero-order chi connectivity index (χ0) is 9.02. The molecule has 5 heteroatoms. The average molecular weight is 192 g/mol. The topological polar surface area (TPSA) is 23.6 Å². The Balaban J connectivity index is 3.86. The minimum atomic E-state index is -0.0382. The fourth-order valence-electron chi connectivity index (χ4n) is 0.257. The summed E-state index contributed by atoms with van der Waals surface area (Å²) in [5.41, 5.74) is 0. The van der Waals surface area contributed by atoms with Gasteiger partial charge in [-0.15, -0.1) is 0 Å². The van der Waals surface area contributed by atoms with Gasteiger partial charge in [-0.25, -0.2) is 0 Å². The Morgan fingerprint density at radius 3 is 1.91 bits per heavy atom. The third-order valence-electron chi connectivity index (χ3n) is 0.905. The van der Waals surface area contributed by atoms with Crippen molar-refractivity contribution in [3.05, 3.63) is 0 Å². The number of carbonyl (C=O) groups excluding carboxylic acids is 1. The molecule has 0 aromatic carbocycles. The SMILES string of the molecule is CN(C)C(=O)SC(=S)N(C)C. The summed E-state index contributed by atoms with van der Waals surface area (Å²) >= 11 is 5.98. The number of amides is 1. The summed E-state index contributed by atoms with van der Waals surface area (Å²) in [4.78, 5) is 14.3. The van der Waals surface area contributed by atoms with Crippen LogP contribution in [0.4, 0.5) is 4.79 Å². The summed E-state index contributed by atoms with van der Waals surface area (Å²) in [5.74, 6) is 0. The molecule has 0 rings (SSSR count). The molecule has 0 aliphatic rings.